The Balaban J connectivity index is 1.88. The number of benzene rings is 1. The molecule has 0 saturated carbocycles. The molecule has 0 amide bonds. The Labute approximate surface area is 124 Å². The molecule has 4 nitrogen and oxygen atoms in total. The van der Waals surface area contributed by atoms with E-state index in [4.69, 9.17) is 16.3 Å². The lowest BCUT2D eigenvalue weighted by atomic mass is 9.96. The van der Waals surface area contributed by atoms with Crippen molar-refractivity contribution in [2.75, 3.05) is 32.8 Å². The summed E-state index contributed by atoms with van der Waals surface area (Å²) in [6, 6.07) is 7.43. The number of morpholine rings is 1. The van der Waals surface area contributed by atoms with Crippen LogP contribution in [-0.2, 0) is 16.0 Å². The molecule has 1 aliphatic heterocycles. The van der Waals surface area contributed by atoms with Gasteiger partial charge in [0.15, 0.2) is 0 Å². The van der Waals surface area contributed by atoms with Crippen LogP contribution < -0.4 is 0 Å². The Bertz CT molecular complexity index is 446. The lowest BCUT2D eigenvalue weighted by molar-refractivity contribution is -0.142. The average molecular weight is 298 g/mol. The van der Waals surface area contributed by atoms with Gasteiger partial charge in [-0.3, -0.25) is 9.69 Å². The molecule has 1 atom stereocenters. The number of ether oxygens (including phenoxy) is 1. The van der Waals surface area contributed by atoms with Crippen molar-refractivity contribution >= 4 is 17.6 Å². The molecule has 5 heteroatoms. The number of halogens is 1. The second-order valence-electron chi connectivity index (χ2n) is 5.11. The maximum Gasteiger partial charge on any atom is 0.306 e. The molecule has 0 bridgehead atoms. The first-order valence-corrected chi connectivity index (χ1v) is 7.30. The number of hydrogen-bond donors (Lipinski definition) is 1. The summed E-state index contributed by atoms with van der Waals surface area (Å²) in [5.74, 6) is -1.10. The molecule has 1 saturated heterocycles. The van der Waals surface area contributed by atoms with E-state index in [1.165, 1.54) is 0 Å². The first-order chi connectivity index (χ1) is 9.65. The van der Waals surface area contributed by atoms with Crippen molar-refractivity contribution in [3.05, 3.63) is 34.9 Å². The van der Waals surface area contributed by atoms with Crippen molar-refractivity contribution in [2.24, 2.45) is 5.92 Å². The molecular weight excluding hydrogens is 278 g/mol. The minimum atomic E-state index is -0.738. The minimum Gasteiger partial charge on any atom is -0.481 e. The Hall–Kier alpha value is -1.10. The third-order valence-electron chi connectivity index (χ3n) is 3.62. The number of carboxylic acids is 1. The fraction of sp³-hybridized carbons (Fsp3) is 0.533. The van der Waals surface area contributed by atoms with Crippen molar-refractivity contribution in [3.8, 4) is 0 Å². The Morgan fingerprint density at radius 2 is 2.15 bits per heavy atom. The second kappa shape index (κ2) is 7.62. The van der Waals surface area contributed by atoms with E-state index in [-0.39, 0.29) is 5.92 Å². The van der Waals surface area contributed by atoms with Gasteiger partial charge in [0.1, 0.15) is 0 Å². The summed E-state index contributed by atoms with van der Waals surface area (Å²) in [7, 11) is 0. The van der Waals surface area contributed by atoms with Gasteiger partial charge >= 0.3 is 5.97 Å². The third-order valence-corrected chi connectivity index (χ3v) is 3.85. The maximum atomic E-state index is 11.4. The van der Waals surface area contributed by atoms with E-state index in [1.54, 1.807) is 6.07 Å². The lowest BCUT2D eigenvalue weighted by Gasteiger charge is -2.27. The molecule has 110 valence electrons. The molecule has 0 aromatic heterocycles. The van der Waals surface area contributed by atoms with E-state index in [1.807, 2.05) is 18.2 Å². The van der Waals surface area contributed by atoms with Crippen molar-refractivity contribution in [1.29, 1.82) is 0 Å². The Kier molecular flexibility index (Phi) is 5.83. The van der Waals surface area contributed by atoms with Crippen LogP contribution >= 0.6 is 11.6 Å². The molecule has 1 heterocycles. The van der Waals surface area contributed by atoms with Gasteiger partial charge in [-0.1, -0.05) is 23.7 Å². The summed E-state index contributed by atoms with van der Waals surface area (Å²) in [5.41, 5.74) is 0.979. The van der Waals surface area contributed by atoms with Crippen molar-refractivity contribution < 1.29 is 14.6 Å². The van der Waals surface area contributed by atoms with E-state index in [0.717, 1.165) is 38.4 Å². The zero-order chi connectivity index (χ0) is 14.4. The highest BCUT2D eigenvalue weighted by Gasteiger charge is 2.20. The van der Waals surface area contributed by atoms with Gasteiger partial charge in [-0.2, -0.15) is 0 Å². The topological polar surface area (TPSA) is 49.8 Å². The van der Waals surface area contributed by atoms with E-state index in [9.17, 15) is 9.90 Å². The molecule has 1 fully saturated rings. The molecule has 1 N–H and O–H groups in total. The van der Waals surface area contributed by atoms with Crippen molar-refractivity contribution in [1.82, 2.24) is 4.90 Å². The molecule has 1 aliphatic rings. The fourth-order valence-corrected chi connectivity index (χ4v) is 2.64. The van der Waals surface area contributed by atoms with Crippen molar-refractivity contribution in [3.63, 3.8) is 0 Å². The zero-order valence-electron chi connectivity index (χ0n) is 11.4. The second-order valence-corrected chi connectivity index (χ2v) is 5.55. The van der Waals surface area contributed by atoms with E-state index in [0.29, 0.717) is 17.9 Å². The third kappa shape index (κ3) is 4.78. The van der Waals surface area contributed by atoms with Gasteiger partial charge in [0.25, 0.3) is 0 Å². The monoisotopic (exact) mass is 297 g/mol. The van der Waals surface area contributed by atoms with Crippen LogP contribution in [0.3, 0.4) is 0 Å². The van der Waals surface area contributed by atoms with Crippen LogP contribution in [0.25, 0.3) is 0 Å². The normalized spacial score (nSPS) is 17.9. The highest BCUT2D eigenvalue weighted by atomic mass is 35.5. The molecular formula is C15H20ClNO3. The Morgan fingerprint density at radius 3 is 2.80 bits per heavy atom. The molecule has 2 rings (SSSR count). The maximum absolute atomic E-state index is 11.4. The summed E-state index contributed by atoms with van der Waals surface area (Å²) >= 11 is 5.94. The van der Waals surface area contributed by atoms with Crippen LogP contribution in [0.4, 0.5) is 0 Å². The number of carbonyl (C=O) groups is 1. The number of carboxylic acid groups (broad SMARTS) is 1. The van der Waals surface area contributed by atoms with Gasteiger partial charge in [-0.05, 0) is 37.1 Å². The lowest BCUT2D eigenvalue weighted by Crippen LogP contribution is -2.38. The molecule has 0 aliphatic carbocycles. The molecule has 1 aromatic rings. The summed E-state index contributed by atoms with van der Waals surface area (Å²) in [6.07, 6.45) is 1.18. The van der Waals surface area contributed by atoms with Gasteiger partial charge in [0, 0.05) is 18.1 Å². The van der Waals surface area contributed by atoms with E-state index >= 15 is 0 Å². The number of rotatable bonds is 6. The molecule has 0 spiro atoms. The van der Waals surface area contributed by atoms with Gasteiger partial charge in [-0.25, -0.2) is 0 Å². The van der Waals surface area contributed by atoms with Gasteiger partial charge < -0.3 is 9.84 Å². The van der Waals surface area contributed by atoms with Crippen LogP contribution in [0.5, 0.6) is 0 Å². The molecule has 20 heavy (non-hydrogen) atoms. The van der Waals surface area contributed by atoms with Crippen molar-refractivity contribution in [2.45, 2.75) is 12.8 Å². The van der Waals surface area contributed by atoms with Crippen LogP contribution in [0, 0.1) is 5.92 Å². The smallest absolute Gasteiger partial charge is 0.306 e. The SMILES string of the molecule is O=C(O)C(CCN1CCOCC1)Cc1cccc(Cl)c1. The van der Waals surface area contributed by atoms with Crippen LogP contribution in [0.2, 0.25) is 5.02 Å². The molecule has 1 aromatic carbocycles. The van der Waals surface area contributed by atoms with Crippen LogP contribution in [0.15, 0.2) is 24.3 Å². The quantitative estimate of drug-likeness (QED) is 0.875. The summed E-state index contributed by atoms with van der Waals surface area (Å²) in [6.45, 7) is 4.08. The first-order valence-electron chi connectivity index (χ1n) is 6.92. The van der Waals surface area contributed by atoms with E-state index in [2.05, 4.69) is 4.90 Å². The predicted molar refractivity (Wildman–Crippen MR) is 78.2 cm³/mol. The summed E-state index contributed by atoms with van der Waals surface area (Å²) < 4.78 is 5.29. The number of hydrogen-bond acceptors (Lipinski definition) is 3. The summed E-state index contributed by atoms with van der Waals surface area (Å²) in [5, 5.41) is 10.0. The number of nitrogens with zero attached hydrogens (tertiary/aromatic N) is 1. The highest BCUT2D eigenvalue weighted by Crippen LogP contribution is 2.17. The van der Waals surface area contributed by atoms with Gasteiger partial charge in [0.2, 0.25) is 0 Å². The molecule has 1 unspecified atom stereocenters. The zero-order valence-corrected chi connectivity index (χ0v) is 12.2. The van der Waals surface area contributed by atoms with Gasteiger partial charge in [0.05, 0.1) is 19.1 Å². The van der Waals surface area contributed by atoms with Gasteiger partial charge in [-0.15, -0.1) is 0 Å². The van der Waals surface area contributed by atoms with E-state index < -0.39 is 5.97 Å². The molecule has 0 radical (unpaired) electrons. The van der Waals surface area contributed by atoms with Crippen LogP contribution in [-0.4, -0.2) is 48.8 Å². The number of aliphatic carboxylic acids is 1. The van der Waals surface area contributed by atoms with Crippen LogP contribution in [0.1, 0.15) is 12.0 Å². The largest absolute Gasteiger partial charge is 0.481 e. The minimum absolute atomic E-state index is 0.365. The highest BCUT2D eigenvalue weighted by molar-refractivity contribution is 6.30. The fourth-order valence-electron chi connectivity index (χ4n) is 2.42. The summed E-state index contributed by atoms with van der Waals surface area (Å²) in [4.78, 5) is 13.6. The average Bonchev–Trinajstić information content (AvgIpc) is 2.44. The first kappa shape index (κ1) is 15.3. The predicted octanol–water partition coefficient (Wildman–Crippen LogP) is 2.31. The Morgan fingerprint density at radius 1 is 1.40 bits per heavy atom. The standard InChI is InChI=1S/C15H20ClNO3/c16-14-3-1-2-12(11-14)10-13(15(18)19)4-5-17-6-8-20-9-7-17/h1-3,11,13H,4-10H2,(H,18,19).